The average Bonchev–Trinajstić information content (AvgIpc) is 3.45. The maximum Gasteiger partial charge on any atom is 0.319 e. The Hall–Kier alpha value is -2.52. The van der Waals surface area contributed by atoms with E-state index in [-0.39, 0.29) is 6.03 Å². The molecule has 0 bridgehead atoms. The second-order valence-corrected chi connectivity index (χ2v) is 7.01. The predicted molar refractivity (Wildman–Crippen MR) is 99.7 cm³/mol. The Morgan fingerprint density at radius 1 is 1.33 bits per heavy atom. The molecule has 0 radical (unpaired) electrons. The van der Waals surface area contributed by atoms with Gasteiger partial charge in [-0.1, -0.05) is 0 Å². The molecular formula is C18H25N7O2. The minimum atomic E-state index is -0.214. The molecule has 2 atom stereocenters. The highest BCUT2D eigenvalue weighted by Crippen LogP contribution is 2.24. The van der Waals surface area contributed by atoms with Crippen molar-refractivity contribution in [3.8, 4) is 5.82 Å². The third-order valence-electron chi connectivity index (χ3n) is 5.25. The van der Waals surface area contributed by atoms with Crippen LogP contribution in [-0.2, 0) is 4.74 Å². The number of amides is 2. The van der Waals surface area contributed by atoms with Crippen molar-refractivity contribution in [2.45, 2.75) is 25.3 Å². The van der Waals surface area contributed by atoms with Gasteiger partial charge in [0.1, 0.15) is 12.7 Å². The van der Waals surface area contributed by atoms with Crippen LogP contribution in [0, 0.1) is 5.92 Å². The molecule has 9 nitrogen and oxygen atoms in total. The number of rotatable bonds is 6. The van der Waals surface area contributed by atoms with Crippen molar-refractivity contribution < 1.29 is 9.53 Å². The Balaban J connectivity index is 1.31. The molecule has 4 rings (SSSR count). The highest BCUT2D eigenvalue weighted by Gasteiger charge is 2.32. The number of likely N-dealkylation sites (tertiary alicyclic amines) is 1. The first-order chi connectivity index (χ1) is 13.3. The largest absolute Gasteiger partial charge is 0.381 e. The molecule has 2 aromatic rings. The van der Waals surface area contributed by atoms with E-state index in [2.05, 4.69) is 30.6 Å². The maximum atomic E-state index is 12.3. The van der Waals surface area contributed by atoms with Crippen molar-refractivity contribution in [1.29, 1.82) is 0 Å². The van der Waals surface area contributed by atoms with E-state index in [1.165, 1.54) is 19.2 Å². The molecule has 2 aliphatic heterocycles. The molecule has 2 aromatic heterocycles. The molecule has 0 spiro atoms. The van der Waals surface area contributed by atoms with Gasteiger partial charge in [0, 0.05) is 25.1 Å². The van der Waals surface area contributed by atoms with Crippen molar-refractivity contribution in [3.05, 3.63) is 31.0 Å². The van der Waals surface area contributed by atoms with Crippen LogP contribution >= 0.6 is 0 Å². The van der Waals surface area contributed by atoms with Gasteiger partial charge in [0.2, 0.25) is 0 Å². The van der Waals surface area contributed by atoms with E-state index in [0.717, 1.165) is 32.7 Å². The first-order valence-corrected chi connectivity index (χ1v) is 9.47. The molecule has 2 saturated heterocycles. The van der Waals surface area contributed by atoms with Crippen LogP contribution in [0.4, 0.5) is 10.5 Å². The van der Waals surface area contributed by atoms with Crippen LogP contribution in [0.25, 0.3) is 5.82 Å². The molecule has 2 aliphatic rings. The van der Waals surface area contributed by atoms with E-state index in [1.807, 2.05) is 0 Å². The van der Waals surface area contributed by atoms with Gasteiger partial charge in [-0.05, 0) is 44.5 Å². The fourth-order valence-electron chi connectivity index (χ4n) is 3.82. The number of pyridine rings is 1. The summed E-state index contributed by atoms with van der Waals surface area (Å²) >= 11 is 0. The molecule has 9 heteroatoms. The summed E-state index contributed by atoms with van der Waals surface area (Å²) in [4.78, 5) is 23.0. The second kappa shape index (κ2) is 8.45. The number of aromatic nitrogens is 4. The van der Waals surface area contributed by atoms with E-state index in [9.17, 15) is 4.79 Å². The van der Waals surface area contributed by atoms with E-state index >= 15 is 0 Å². The lowest BCUT2D eigenvalue weighted by molar-refractivity contribution is 0.135. The van der Waals surface area contributed by atoms with E-state index in [1.54, 1.807) is 29.3 Å². The Labute approximate surface area is 158 Å². The van der Waals surface area contributed by atoms with Crippen molar-refractivity contribution in [2.75, 3.05) is 38.2 Å². The molecule has 0 unspecified atom stereocenters. The monoisotopic (exact) mass is 371 g/mol. The van der Waals surface area contributed by atoms with Gasteiger partial charge in [-0.15, -0.1) is 0 Å². The van der Waals surface area contributed by atoms with Crippen LogP contribution in [-0.4, -0.2) is 69.6 Å². The molecule has 0 aromatic carbocycles. The van der Waals surface area contributed by atoms with E-state index < -0.39 is 0 Å². The predicted octanol–water partition coefficient (Wildman–Crippen LogP) is 1.28. The molecule has 0 aliphatic carbocycles. The number of hydrogen-bond acceptors (Lipinski definition) is 6. The summed E-state index contributed by atoms with van der Waals surface area (Å²) in [5, 5.41) is 9.90. The lowest BCUT2D eigenvalue weighted by atomic mass is 9.97. The minimum absolute atomic E-state index is 0.214. The highest BCUT2D eigenvalue weighted by atomic mass is 16.5. The molecule has 2 fully saturated rings. The number of urea groups is 1. The van der Waals surface area contributed by atoms with E-state index in [4.69, 9.17) is 4.74 Å². The molecule has 27 heavy (non-hydrogen) atoms. The number of nitrogens with one attached hydrogen (secondary N) is 2. The normalized spacial score (nSPS) is 21.3. The Morgan fingerprint density at radius 3 is 2.89 bits per heavy atom. The molecule has 0 saturated carbocycles. The topological polar surface area (TPSA) is 97.2 Å². The van der Waals surface area contributed by atoms with Gasteiger partial charge in [0.05, 0.1) is 18.5 Å². The zero-order valence-electron chi connectivity index (χ0n) is 15.3. The first kappa shape index (κ1) is 17.9. The fraction of sp³-hybridized carbons (Fsp3) is 0.556. The van der Waals surface area contributed by atoms with Gasteiger partial charge in [0.15, 0.2) is 5.82 Å². The third kappa shape index (κ3) is 4.42. The summed E-state index contributed by atoms with van der Waals surface area (Å²) in [6.07, 6.45) is 8.18. The number of anilines is 1. The van der Waals surface area contributed by atoms with Crippen LogP contribution in [0.1, 0.15) is 19.3 Å². The summed E-state index contributed by atoms with van der Waals surface area (Å²) in [6, 6.07) is 3.71. The molecule has 2 amide bonds. The summed E-state index contributed by atoms with van der Waals surface area (Å²) in [5.74, 6) is 1.14. The summed E-state index contributed by atoms with van der Waals surface area (Å²) in [7, 11) is 0. The maximum absolute atomic E-state index is 12.3. The van der Waals surface area contributed by atoms with Crippen molar-refractivity contribution in [1.82, 2.24) is 30.0 Å². The number of ether oxygens (including phenoxy) is 1. The average molecular weight is 371 g/mol. The Morgan fingerprint density at radius 2 is 2.22 bits per heavy atom. The van der Waals surface area contributed by atoms with Gasteiger partial charge < -0.3 is 15.4 Å². The number of carbonyl (C=O) groups excluding carboxylic acids is 1. The first-order valence-electron chi connectivity index (χ1n) is 9.47. The molecule has 144 valence electrons. The molecule has 2 N–H and O–H groups in total. The lowest BCUT2D eigenvalue weighted by Gasteiger charge is -2.31. The smallest absolute Gasteiger partial charge is 0.319 e. The van der Waals surface area contributed by atoms with Crippen LogP contribution in [0.15, 0.2) is 31.0 Å². The zero-order valence-corrected chi connectivity index (χ0v) is 15.3. The van der Waals surface area contributed by atoms with Gasteiger partial charge >= 0.3 is 6.03 Å². The molecule has 4 heterocycles. The van der Waals surface area contributed by atoms with Crippen molar-refractivity contribution >= 4 is 11.7 Å². The van der Waals surface area contributed by atoms with E-state index in [0.29, 0.717) is 30.0 Å². The number of nitrogens with zero attached hydrogens (tertiary/aromatic N) is 5. The Kier molecular flexibility index (Phi) is 5.59. The van der Waals surface area contributed by atoms with Crippen LogP contribution < -0.4 is 10.6 Å². The number of carbonyl (C=O) groups is 1. The minimum Gasteiger partial charge on any atom is -0.381 e. The fourth-order valence-corrected chi connectivity index (χ4v) is 3.82. The second-order valence-electron chi connectivity index (χ2n) is 7.01. The van der Waals surface area contributed by atoms with Gasteiger partial charge in [0.25, 0.3) is 0 Å². The van der Waals surface area contributed by atoms with Gasteiger partial charge in [-0.25, -0.2) is 19.4 Å². The SMILES string of the molecule is O=C(NC[C@@H]([C@H]1CCOC1)N1CCCC1)Nc1ccc(-n2cncn2)nc1. The highest BCUT2D eigenvalue weighted by molar-refractivity contribution is 5.89. The third-order valence-corrected chi connectivity index (χ3v) is 5.25. The Bertz CT molecular complexity index is 707. The lowest BCUT2D eigenvalue weighted by Crippen LogP contribution is -2.48. The molecular weight excluding hydrogens is 346 g/mol. The number of hydrogen-bond donors (Lipinski definition) is 2. The van der Waals surface area contributed by atoms with Crippen molar-refractivity contribution in [3.63, 3.8) is 0 Å². The van der Waals surface area contributed by atoms with Crippen LogP contribution in [0.5, 0.6) is 0 Å². The quantitative estimate of drug-likeness (QED) is 0.794. The van der Waals surface area contributed by atoms with Gasteiger partial charge in [-0.2, -0.15) is 5.10 Å². The van der Waals surface area contributed by atoms with Crippen LogP contribution in [0.2, 0.25) is 0 Å². The zero-order chi connectivity index (χ0) is 18.5. The standard InChI is InChI=1S/C18H25N7O2/c26-18(23-15-3-4-17(20-9-15)25-13-19-12-22-25)21-10-16(14-5-8-27-11-14)24-6-1-2-7-24/h3-4,9,12-14,16H,1-2,5-8,10-11H2,(H2,21,23,26)/t14-,16-/m0/s1. The summed E-state index contributed by atoms with van der Waals surface area (Å²) < 4.78 is 7.13. The summed E-state index contributed by atoms with van der Waals surface area (Å²) in [5.41, 5.74) is 0.637. The summed E-state index contributed by atoms with van der Waals surface area (Å²) in [6.45, 7) is 4.46. The van der Waals surface area contributed by atoms with Crippen molar-refractivity contribution in [2.24, 2.45) is 5.92 Å². The van der Waals surface area contributed by atoms with Crippen LogP contribution in [0.3, 0.4) is 0 Å². The van der Waals surface area contributed by atoms with Gasteiger partial charge in [-0.3, -0.25) is 4.90 Å².